The van der Waals surface area contributed by atoms with E-state index >= 15 is 0 Å². The van der Waals surface area contributed by atoms with Gasteiger partial charge in [-0.15, -0.1) is 0 Å². The van der Waals surface area contributed by atoms with Crippen LogP contribution in [0.15, 0.2) is 0 Å². The SMILES string of the molecule is COC(=O)[C@@H]1C[C@H](O)CCN1Cl. The van der Waals surface area contributed by atoms with Gasteiger partial charge >= 0.3 is 5.97 Å². The van der Waals surface area contributed by atoms with Gasteiger partial charge in [-0.3, -0.25) is 4.79 Å². The molecule has 5 heteroatoms. The zero-order chi connectivity index (χ0) is 9.14. The van der Waals surface area contributed by atoms with Gasteiger partial charge in [-0.1, -0.05) is 0 Å². The summed E-state index contributed by atoms with van der Waals surface area (Å²) < 4.78 is 5.92. The number of carbonyl (C=O) groups is 1. The Balaban J connectivity index is 2.54. The molecular weight excluding hydrogens is 182 g/mol. The highest BCUT2D eigenvalue weighted by molar-refractivity contribution is 6.14. The highest BCUT2D eigenvalue weighted by atomic mass is 35.5. The van der Waals surface area contributed by atoms with Crippen molar-refractivity contribution in [2.45, 2.75) is 25.0 Å². The van der Waals surface area contributed by atoms with Gasteiger partial charge in [0.15, 0.2) is 0 Å². The van der Waals surface area contributed by atoms with Crippen molar-refractivity contribution in [1.82, 2.24) is 4.42 Å². The molecule has 1 heterocycles. The van der Waals surface area contributed by atoms with E-state index in [1.165, 1.54) is 11.5 Å². The number of nitrogens with zero attached hydrogens (tertiary/aromatic N) is 1. The Morgan fingerprint density at radius 2 is 2.42 bits per heavy atom. The molecule has 0 bridgehead atoms. The Hall–Kier alpha value is -0.320. The van der Waals surface area contributed by atoms with E-state index < -0.39 is 12.1 Å². The Morgan fingerprint density at radius 1 is 1.75 bits per heavy atom. The molecule has 2 atom stereocenters. The van der Waals surface area contributed by atoms with Crippen LogP contribution in [0.5, 0.6) is 0 Å². The van der Waals surface area contributed by atoms with Crippen molar-refractivity contribution in [3.05, 3.63) is 0 Å². The van der Waals surface area contributed by atoms with Crippen LogP contribution in [-0.4, -0.2) is 41.3 Å². The highest BCUT2D eigenvalue weighted by Gasteiger charge is 2.32. The summed E-state index contributed by atoms with van der Waals surface area (Å²) in [6.45, 7) is 0.516. The molecule has 0 unspecified atom stereocenters. The number of esters is 1. The third kappa shape index (κ3) is 2.09. The molecule has 4 nitrogen and oxygen atoms in total. The predicted molar refractivity (Wildman–Crippen MR) is 43.6 cm³/mol. The van der Waals surface area contributed by atoms with Crippen LogP contribution in [0.2, 0.25) is 0 Å². The average molecular weight is 194 g/mol. The van der Waals surface area contributed by atoms with E-state index in [1.807, 2.05) is 0 Å². The van der Waals surface area contributed by atoms with Crippen LogP contribution >= 0.6 is 11.8 Å². The lowest BCUT2D eigenvalue weighted by Crippen LogP contribution is -2.44. The van der Waals surface area contributed by atoms with Gasteiger partial charge in [-0.25, -0.2) is 4.42 Å². The molecule has 1 aliphatic heterocycles. The van der Waals surface area contributed by atoms with Gasteiger partial charge in [0.2, 0.25) is 0 Å². The Labute approximate surface area is 76.2 Å². The summed E-state index contributed by atoms with van der Waals surface area (Å²) in [6, 6.07) is -0.500. The van der Waals surface area contributed by atoms with E-state index in [-0.39, 0.29) is 5.97 Å². The molecule has 70 valence electrons. The Kier molecular flexibility index (Phi) is 3.31. The fourth-order valence-electron chi connectivity index (χ4n) is 1.26. The number of ether oxygens (including phenoxy) is 1. The molecule has 1 rings (SSSR count). The summed E-state index contributed by atoms with van der Waals surface area (Å²) >= 11 is 5.74. The number of hydrogen-bond donors (Lipinski definition) is 1. The number of aliphatic hydroxyl groups excluding tert-OH is 1. The van der Waals surface area contributed by atoms with Gasteiger partial charge in [-0.05, 0) is 18.2 Å². The summed E-state index contributed by atoms with van der Waals surface area (Å²) in [6.07, 6.45) is 0.525. The van der Waals surface area contributed by atoms with Crippen molar-refractivity contribution in [3.8, 4) is 0 Å². The average Bonchev–Trinajstić information content (AvgIpc) is 2.08. The number of methoxy groups -OCH3 is 1. The van der Waals surface area contributed by atoms with E-state index in [2.05, 4.69) is 4.74 Å². The van der Waals surface area contributed by atoms with E-state index in [4.69, 9.17) is 11.8 Å². The van der Waals surface area contributed by atoms with Gasteiger partial charge < -0.3 is 9.84 Å². The zero-order valence-corrected chi connectivity index (χ0v) is 7.62. The number of carbonyl (C=O) groups excluding carboxylic acids is 1. The molecule has 0 aliphatic carbocycles. The maximum atomic E-state index is 11.1. The van der Waals surface area contributed by atoms with Gasteiger partial charge in [0, 0.05) is 13.0 Å². The second-order valence-corrected chi connectivity index (χ2v) is 3.27. The molecule has 0 spiro atoms. The van der Waals surface area contributed by atoms with Crippen molar-refractivity contribution >= 4 is 17.7 Å². The lowest BCUT2D eigenvalue weighted by molar-refractivity contribution is -0.147. The second kappa shape index (κ2) is 4.07. The summed E-state index contributed by atoms with van der Waals surface area (Å²) in [5, 5.41) is 9.25. The monoisotopic (exact) mass is 193 g/mol. The van der Waals surface area contributed by atoms with Gasteiger partial charge in [-0.2, -0.15) is 0 Å². The normalized spacial score (nSPS) is 31.6. The van der Waals surface area contributed by atoms with Crippen molar-refractivity contribution in [3.63, 3.8) is 0 Å². The summed E-state index contributed by atoms with van der Waals surface area (Å²) in [5.41, 5.74) is 0. The lowest BCUT2D eigenvalue weighted by atomic mass is 10.0. The summed E-state index contributed by atoms with van der Waals surface area (Å²) in [7, 11) is 1.31. The van der Waals surface area contributed by atoms with Crippen LogP contribution in [0.1, 0.15) is 12.8 Å². The molecular formula is C7H12ClNO3. The van der Waals surface area contributed by atoms with Crippen molar-refractivity contribution in [2.24, 2.45) is 0 Å². The van der Waals surface area contributed by atoms with Crippen LogP contribution in [-0.2, 0) is 9.53 Å². The topological polar surface area (TPSA) is 49.8 Å². The van der Waals surface area contributed by atoms with Crippen LogP contribution in [0.25, 0.3) is 0 Å². The Bertz CT molecular complexity index is 176. The molecule has 1 saturated heterocycles. The van der Waals surface area contributed by atoms with Gasteiger partial charge in [0.05, 0.1) is 13.2 Å². The van der Waals surface area contributed by atoms with E-state index in [0.717, 1.165) is 0 Å². The van der Waals surface area contributed by atoms with Crippen molar-refractivity contribution < 1.29 is 14.6 Å². The molecule has 0 aromatic heterocycles. The first-order chi connectivity index (χ1) is 5.65. The largest absolute Gasteiger partial charge is 0.468 e. The summed E-state index contributed by atoms with van der Waals surface area (Å²) in [4.78, 5) is 11.1. The molecule has 0 amide bonds. The highest BCUT2D eigenvalue weighted by Crippen LogP contribution is 2.20. The number of piperidine rings is 1. The molecule has 0 aromatic rings. The third-order valence-electron chi connectivity index (χ3n) is 1.98. The first-order valence-corrected chi connectivity index (χ1v) is 4.17. The number of rotatable bonds is 1. The maximum Gasteiger partial charge on any atom is 0.324 e. The smallest absolute Gasteiger partial charge is 0.324 e. The number of halogens is 1. The minimum atomic E-state index is -0.500. The molecule has 1 N–H and O–H groups in total. The van der Waals surface area contributed by atoms with E-state index in [0.29, 0.717) is 19.4 Å². The number of hydrogen-bond acceptors (Lipinski definition) is 4. The van der Waals surface area contributed by atoms with Crippen LogP contribution in [0.4, 0.5) is 0 Å². The minimum Gasteiger partial charge on any atom is -0.468 e. The number of aliphatic hydroxyl groups is 1. The van der Waals surface area contributed by atoms with Crippen LogP contribution in [0, 0.1) is 0 Å². The molecule has 0 aromatic carbocycles. The zero-order valence-electron chi connectivity index (χ0n) is 6.86. The van der Waals surface area contributed by atoms with Gasteiger partial charge in [0.25, 0.3) is 0 Å². The Morgan fingerprint density at radius 3 is 3.00 bits per heavy atom. The van der Waals surface area contributed by atoms with Crippen molar-refractivity contribution in [2.75, 3.05) is 13.7 Å². The predicted octanol–water partition coefficient (Wildman–Crippen LogP) is 0.138. The quantitative estimate of drug-likeness (QED) is 0.476. The fourth-order valence-corrected chi connectivity index (χ4v) is 1.52. The maximum absolute atomic E-state index is 11.1. The lowest BCUT2D eigenvalue weighted by Gasteiger charge is -2.30. The molecule has 0 radical (unpaired) electrons. The van der Waals surface area contributed by atoms with Crippen LogP contribution in [0.3, 0.4) is 0 Å². The standard InChI is InChI=1S/C7H12ClNO3/c1-12-7(11)6-4-5(10)2-3-9(6)8/h5-6,10H,2-4H2,1H3/t5-,6+/m1/s1. The molecule has 1 aliphatic rings. The fraction of sp³-hybridized carbons (Fsp3) is 0.857. The van der Waals surface area contributed by atoms with Crippen molar-refractivity contribution in [1.29, 1.82) is 0 Å². The minimum absolute atomic E-state index is 0.357. The molecule has 0 saturated carbocycles. The first kappa shape index (κ1) is 9.77. The van der Waals surface area contributed by atoms with Crippen LogP contribution < -0.4 is 0 Å². The molecule has 1 fully saturated rings. The summed E-state index contributed by atoms with van der Waals surface area (Å²) in [5.74, 6) is -0.385. The van der Waals surface area contributed by atoms with E-state index in [9.17, 15) is 9.90 Å². The third-order valence-corrected chi connectivity index (χ3v) is 2.39. The second-order valence-electron chi connectivity index (χ2n) is 2.84. The van der Waals surface area contributed by atoms with E-state index in [1.54, 1.807) is 0 Å². The molecule has 12 heavy (non-hydrogen) atoms. The van der Waals surface area contributed by atoms with Gasteiger partial charge in [0.1, 0.15) is 6.04 Å². The first-order valence-electron chi connectivity index (χ1n) is 3.83.